The van der Waals surface area contributed by atoms with Gasteiger partial charge in [0.05, 0.1) is 40.2 Å². The second-order valence-corrected chi connectivity index (χ2v) is 13.8. The van der Waals surface area contributed by atoms with E-state index in [2.05, 4.69) is 4.72 Å². The number of sulfonamides is 2. The van der Waals surface area contributed by atoms with Crippen molar-refractivity contribution in [1.29, 1.82) is 0 Å². The van der Waals surface area contributed by atoms with Gasteiger partial charge in [-0.2, -0.15) is 4.31 Å². The number of carbonyl (C=O) groups is 1. The zero-order valence-electron chi connectivity index (χ0n) is 23.1. The fourth-order valence-electron chi connectivity index (χ4n) is 4.50. The summed E-state index contributed by atoms with van der Waals surface area (Å²) >= 11 is 0. The molecule has 42 heavy (non-hydrogen) atoms. The average Bonchev–Trinajstić information content (AvgIpc) is 2.95. The molecule has 2 N–H and O–H groups in total. The van der Waals surface area contributed by atoms with Gasteiger partial charge in [0.15, 0.2) is 5.75 Å². The summed E-state index contributed by atoms with van der Waals surface area (Å²) in [5.41, 5.74) is -0.0968. The van der Waals surface area contributed by atoms with E-state index >= 15 is 0 Å². The molecule has 226 valence electrons. The third kappa shape index (κ3) is 6.56. The van der Waals surface area contributed by atoms with E-state index < -0.39 is 55.7 Å². The summed E-state index contributed by atoms with van der Waals surface area (Å²) in [7, 11) is -7.00. The number of carbonyl (C=O) groups excluding carboxylic acids is 1. The van der Waals surface area contributed by atoms with Crippen molar-refractivity contribution in [3.8, 4) is 5.75 Å². The monoisotopic (exact) mass is 623 g/mol. The number of para-hydroxylation sites is 1. The molecule has 1 aliphatic rings. The van der Waals surface area contributed by atoms with Crippen molar-refractivity contribution in [3.05, 3.63) is 83.9 Å². The minimum Gasteiger partial charge on any atom is -0.486 e. The fourth-order valence-corrected chi connectivity index (χ4v) is 6.74. The molecule has 1 heterocycles. The molecule has 0 bridgehead atoms. The normalized spacial score (nSPS) is 18.5. The van der Waals surface area contributed by atoms with E-state index in [4.69, 9.17) is 4.74 Å². The van der Waals surface area contributed by atoms with Crippen LogP contribution in [0.2, 0.25) is 0 Å². The van der Waals surface area contributed by atoms with Crippen LogP contribution < -0.4 is 9.46 Å². The molecule has 1 amide bonds. The Labute approximate surface area is 243 Å². The van der Waals surface area contributed by atoms with Gasteiger partial charge < -0.3 is 14.7 Å². The van der Waals surface area contributed by atoms with Gasteiger partial charge in [0.25, 0.3) is 15.9 Å². The Hall–Kier alpha value is -3.59. The number of halogens is 2. The number of amides is 1. The van der Waals surface area contributed by atoms with Crippen molar-refractivity contribution in [3.63, 3.8) is 0 Å². The summed E-state index contributed by atoms with van der Waals surface area (Å²) in [6.45, 7) is 2.92. The number of nitrogens with one attached hydrogen (secondary N) is 1. The van der Waals surface area contributed by atoms with Crippen LogP contribution in [0.4, 0.5) is 14.5 Å². The Morgan fingerprint density at radius 1 is 1.00 bits per heavy atom. The number of aliphatic hydroxyl groups is 1. The quantitative estimate of drug-likeness (QED) is 0.374. The highest BCUT2D eigenvalue weighted by Gasteiger charge is 2.36. The number of anilines is 1. The van der Waals surface area contributed by atoms with Gasteiger partial charge in [0.1, 0.15) is 17.7 Å². The van der Waals surface area contributed by atoms with Crippen molar-refractivity contribution in [2.75, 3.05) is 31.5 Å². The van der Waals surface area contributed by atoms with Crippen LogP contribution in [-0.2, 0) is 20.0 Å². The van der Waals surface area contributed by atoms with E-state index in [0.717, 1.165) is 52.8 Å². The lowest BCUT2D eigenvalue weighted by molar-refractivity contribution is 0.0389. The lowest BCUT2D eigenvalue weighted by Crippen LogP contribution is -2.50. The maximum absolute atomic E-state index is 13.6. The Morgan fingerprint density at radius 2 is 1.57 bits per heavy atom. The van der Waals surface area contributed by atoms with E-state index in [-0.39, 0.29) is 46.5 Å². The lowest BCUT2D eigenvalue weighted by Gasteiger charge is -2.38. The molecule has 0 aromatic heterocycles. The first-order valence-corrected chi connectivity index (χ1v) is 15.9. The molecule has 0 saturated carbocycles. The van der Waals surface area contributed by atoms with Crippen LogP contribution in [0, 0.1) is 17.6 Å². The summed E-state index contributed by atoms with van der Waals surface area (Å²) in [6.07, 6.45) is -0.901. The summed E-state index contributed by atoms with van der Waals surface area (Å²) < 4.78 is 89.4. The van der Waals surface area contributed by atoms with Crippen molar-refractivity contribution >= 4 is 31.6 Å². The maximum Gasteiger partial charge on any atom is 0.262 e. The van der Waals surface area contributed by atoms with Gasteiger partial charge in [0.2, 0.25) is 10.0 Å². The van der Waals surface area contributed by atoms with Gasteiger partial charge in [-0.1, -0.05) is 13.0 Å². The number of fused-ring (bicyclic) bond motifs is 1. The van der Waals surface area contributed by atoms with Crippen molar-refractivity contribution in [2.24, 2.45) is 5.92 Å². The SMILES string of the molecule is C[C@H](CO)N1C[C@H](C)[C@H](CN(C)S(=O)(=O)c2ccc(F)cc2)Oc2c(NS(=O)(=O)c3ccc(F)cc3)cccc2C1=O. The van der Waals surface area contributed by atoms with E-state index in [1.165, 1.54) is 30.1 Å². The Balaban J connectivity index is 1.76. The average molecular weight is 624 g/mol. The largest absolute Gasteiger partial charge is 0.486 e. The smallest absolute Gasteiger partial charge is 0.262 e. The second kappa shape index (κ2) is 12.3. The van der Waals surface area contributed by atoms with E-state index in [9.17, 15) is 35.5 Å². The highest BCUT2D eigenvalue weighted by molar-refractivity contribution is 7.92. The third-order valence-electron chi connectivity index (χ3n) is 7.02. The zero-order chi connectivity index (χ0) is 30.8. The molecule has 3 aromatic carbocycles. The first kappa shape index (κ1) is 31.3. The van der Waals surface area contributed by atoms with Gasteiger partial charge in [-0.05, 0) is 67.6 Å². The van der Waals surface area contributed by atoms with Crippen molar-refractivity contribution in [2.45, 2.75) is 35.8 Å². The first-order valence-electron chi connectivity index (χ1n) is 13.0. The van der Waals surface area contributed by atoms with Gasteiger partial charge in [0, 0.05) is 19.5 Å². The number of nitrogens with zero attached hydrogens (tertiary/aromatic N) is 2. The molecule has 0 aliphatic carbocycles. The molecule has 3 atom stereocenters. The molecule has 4 rings (SSSR count). The molecule has 0 fully saturated rings. The molecule has 0 saturated heterocycles. The molecule has 0 radical (unpaired) electrons. The molecule has 10 nitrogen and oxygen atoms in total. The Bertz CT molecular complexity index is 1650. The van der Waals surface area contributed by atoms with E-state index in [1.54, 1.807) is 13.8 Å². The molecule has 14 heteroatoms. The minimum absolute atomic E-state index is 0.00412. The Morgan fingerprint density at radius 3 is 2.14 bits per heavy atom. The van der Waals surface area contributed by atoms with Gasteiger partial charge in [-0.25, -0.2) is 25.6 Å². The standard InChI is InChI=1S/C28H31F2N3O7S2/c1-18-15-33(19(2)17-34)28(35)24-5-4-6-25(31-41(36,37)22-11-7-20(29)8-12-22)27(24)40-26(18)16-32(3)42(38,39)23-13-9-21(30)10-14-23/h4-14,18-19,26,31,34H,15-17H2,1-3H3/t18-,19+,26-/m0/s1. The predicted molar refractivity (Wildman–Crippen MR) is 151 cm³/mol. The number of hydrogen-bond acceptors (Lipinski definition) is 7. The number of ether oxygens (including phenoxy) is 1. The molecule has 0 spiro atoms. The lowest BCUT2D eigenvalue weighted by atomic mass is 9.99. The summed E-state index contributed by atoms with van der Waals surface area (Å²) in [4.78, 5) is 14.7. The second-order valence-electron chi connectivity index (χ2n) is 10.1. The van der Waals surface area contributed by atoms with Crippen LogP contribution in [0.25, 0.3) is 0 Å². The van der Waals surface area contributed by atoms with Crippen LogP contribution in [0.1, 0.15) is 24.2 Å². The Kier molecular flexibility index (Phi) is 9.21. The number of rotatable bonds is 9. The predicted octanol–water partition coefficient (Wildman–Crippen LogP) is 3.31. The van der Waals surface area contributed by atoms with E-state index in [1.807, 2.05) is 0 Å². The van der Waals surface area contributed by atoms with Crippen LogP contribution in [0.15, 0.2) is 76.5 Å². The molecular weight excluding hydrogens is 592 g/mol. The van der Waals surface area contributed by atoms with Crippen molar-refractivity contribution in [1.82, 2.24) is 9.21 Å². The van der Waals surface area contributed by atoms with Gasteiger partial charge >= 0.3 is 0 Å². The van der Waals surface area contributed by atoms with E-state index in [0.29, 0.717) is 0 Å². The highest BCUT2D eigenvalue weighted by atomic mass is 32.2. The summed E-state index contributed by atoms with van der Waals surface area (Å²) in [5, 5.41) is 9.86. The molecule has 3 aromatic rings. The zero-order valence-corrected chi connectivity index (χ0v) is 24.7. The summed E-state index contributed by atoms with van der Waals surface area (Å²) in [5.74, 6) is -2.37. The highest BCUT2D eigenvalue weighted by Crippen LogP contribution is 2.36. The van der Waals surface area contributed by atoms with Crippen LogP contribution in [-0.4, -0.2) is 75.9 Å². The summed E-state index contributed by atoms with van der Waals surface area (Å²) in [6, 6.07) is 12.2. The third-order valence-corrected chi connectivity index (χ3v) is 10.2. The van der Waals surface area contributed by atoms with Crippen molar-refractivity contribution < 1.29 is 40.3 Å². The minimum atomic E-state index is -4.25. The fraction of sp³-hybridized carbons (Fsp3) is 0.321. The van der Waals surface area contributed by atoms with Gasteiger partial charge in [-0.15, -0.1) is 0 Å². The first-order chi connectivity index (χ1) is 19.7. The topological polar surface area (TPSA) is 133 Å². The number of hydrogen-bond donors (Lipinski definition) is 2. The maximum atomic E-state index is 13.6. The molecule has 0 unspecified atom stereocenters. The number of benzene rings is 3. The number of likely N-dealkylation sites (N-methyl/N-ethyl adjacent to an activating group) is 1. The molecule has 1 aliphatic heterocycles. The number of aliphatic hydroxyl groups excluding tert-OH is 1. The van der Waals surface area contributed by atoms with Crippen LogP contribution in [0.3, 0.4) is 0 Å². The van der Waals surface area contributed by atoms with Crippen LogP contribution in [0.5, 0.6) is 5.75 Å². The van der Waals surface area contributed by atoms with Gasteiger partial charge in [-0.3, -0.25) is 9.52 Å². The molecular formula is C28H31F2N3O7S2. The van der Waals surface area contributed by atoms with Crippen LogP contribution >= 0.6 is 0 Å².